The summed E-state index contributed by atoms with van der Waals surface area (Å²) in [5, 5.41) is 7.78. The third-order valence-electron chi connectivity index (χ3n) is 3.71. The molecule has 2 N–H and O–H groups in total. The van der Waals surface area contributed by atoms with Gasteiger partial charge in [0.1, 0.15) is 9.90 Å². The van der Waals surface area contributed by atoms with Crippen LogP contribution in [0.1, 0.15) is 16.8 Å². The minimum Gasteiger partial charge on any atom is -0.282 e. The summed E-state index contributed by atoms with van der Waals surface area (Å²) in [5.74, 6) is 0. The minimum absolute atomic E-state index is 0.216. The smallest absolute Gasteiger partial charge is 0.250 e. The lowest BCUT2D eigenvalue weighted by Gasteiger charge is -2.05. The third-order valence-corrected chi connectivity index (χ3v) is 6.95. The molecule has 0 aliphatic carbocycles. The first kappa shape index (κ1) is 17.2. The number of nitrogens with one attached hydrogen (secondary N) is 2. The number of aromatic amines is 1. The van der Waals surface area contributed by atoms with Crippen molar-refractivity contribution in [2.75, 3.05) is 0 Å². The largest absolute Gasteiger partial charge is 0.282 e. The summed E-state index contributed by atoms with van der Waals surface area (Å²) in [5.41, 5.74) is 3.63. The van der Waals surface area contributed by atoms with Gasteiger partial charge in [0.05, 0.1) is 4.88 Å². The van der Waals surface area contributed by atoms with Gasteiger partial charge in [-0.05, 0) is 49.2 Å². The lowest BCUT2D eigenvalue weighted by molar-refractivity contribution is 0.583. The van der Waals surface area contributed by atoms with Gasteiger partial charge in [-0.3, -0.25) is 5.10 Å². The van der Waals surface area contributed by atoms with Crippen molar-refractivity contribution in [3.63, 3.8) is 0 Å². The molecule has 2 aromatic heterocycles. The summed E-state index contributed by atoms with van der Waals surface area (Å²) in [6.07, 6.45) is 0. The number of rotatable bonds is 5. The van der Waals surface area contributed by atoms with Gasteiger partial charge in [0.25, 0.3) is 0 Å². The molecule has 0 saturated heterocycles. The van der Waals surface area contributed by atoms with Gasteiger partial charge < -0.3 is 0 Å². The first-order valence-electron chi connectivity index (χ1n) is 7.23. The summed E-state index contributed by atoms with van der Waals surface area (Å²) in [6, 6.07) is 10.4. The van der Waals surface area contributed by atoms with Crippen LogP contribution >= 0.6 is 22.9 Å². The van der Waals surface area contributed by atoms with Gasteiger partial charge in [0.15, 0.2) is 0 Å². The third kappa shape index (κ3) is 3.54. The molecule has 0 bridgehead atoms. The van der Waals surface area contributed by atoms with E-state index >= 15 is 0 Å². The van der Waals surface area contributed by atoms with Gasteiger partial charge >= 0.3 is 0 Å². The van der Waals surface area contributed by atoms with Gasteiger partial charge in [0, 0.05) is 17.3 Å². The average Bonchev–Trinajstić information content (AvgIpc) is 3.16. The minimum atomic E-state index is -3.56. The number of sulfonamides is 1. The van der Waals surface area contributed by atoms with E-state index in [0.29, 0.717) is 5.02 Å². The number of hydrogen-bond donors (Lipinski definition) is 2. The van der Waals surface area contributed by atoms with Crippen molar-refractivity contribution >= 4 is 33.0 Å². The van der Waals surface area contributed by atoms with Crippen LogP contribution in [0.15, 0.2) is 40.6 Å². The lowest BCUT2D eigenvalue weighted by atomic mass is 10.2. The molecular formula is C16H16ClN3O2S2. The molecule has 5 nitrogen and oxygen atoms in total. The highest BCUT2D eigenvalue weighted by Gasteiger charge is 2.19. The number of aryl methyl sites for hydroxylation is 1. The van der Waals surface area contributed by atoms with Crippen molar-refractivity contribution in [1.29, 1.82) is 0 Å². The van der Waals surface area contributed by atoms with E-state index in [4.69, 9.17) is 11.6 Å². The van der Waals surface area contributed by atoms with E-state index in [1.807, 2.05) is 13.8 Å². The molecule has 0 aliphatic heterocycles. The van der Waals surface area contributed by atoms with Crippen molar-refractivity contribution in [2.24, 2.45) is 0 Å². The molecule has 0 spiro atoms. The quantitative estimate of drug-likeness (QED) is 0.704. The molecule has 0 saturated carbocycles. The number of thiophene rings is 1. The molecule has 0 unspecified atom stereocenters. The van der Waals surface area contributed by atoms with Crippen LogP contribution in [0.3, 0.4) is 0 Å². The van der Waals surface area contributed by atoms with Crippen molar-refractivity contribution in [3.8, 4) is 10.6 Å². The summed E-state index contributed by atoms with van der Waals surface area (Å²) in [7, 11) is -3.56. The SMILES string of the molecule is Cc1[nH]nc(-c2ccc(S(=O)(=O)NCc3ccc(Cl)cc3)s2)c1C. The molecule has 8 heteroatoms. The van der Waals surface area contributed by atoms with Crippen molar-refractivity contribution in [1.82, 2.24) is 14.9 Å². The second kappa shape index (κ2) is 6.68. The Balaban J connectivity index is 1.78. The fourth-order valence-corrected chi connectivity index (χ4v) is 4.71. The first-order chi connectivity index (χ1) is 11.4. The summed E-state index contributed by atoms with van der Waals surface area (Å²) in [4.78, 5) is 0.823. The molecule has 0 radical (unpaired) electrons. The van der Waals surface area contributed by atoms with Crippen LogP contribution in [0, 0.1) is 13.8 Å². The number of aromatic nitrogens is 2. The Kier molecular flexibility index (Phi) is 4.78. The number of nitrogens with zero attached hydrogens (tertiary/aromatic N) is 1. The van der Waals surface area contributed by atoms with E-state index in [1.165, 1.54) is 11.3 Å². The van der Waals surface area contributed by atoms with Crippen molar-refractivity contribution in [2.45, 2.75) is 24.6 Å². The van der Waals surface area contributed by atoms with Gasteiger partial charge in [-0.25, -0.2) is 13.1 Å². The lowest BCUT2D eigenvalue weighted by Crippen LogP contribution is -2.22. The Bertz CT molecular complexity index is 960. The predicted molar refractivity (Wildman–Crippen MR) is 96.9 cm³/mol. The Labute approximate surface area is 149 Å². The maximum Gasteiger partial charge on any atom is 0.250 e. The number of halogens is 1. The molecule has 3 aromatic rings. The fourth-order valence-electron chi connectivity index (χ4n) is 2.17. The van der Waals surface area contributed by atoms with E-state index in [9.17, 15) is 8.42 Å². The molecule has 0 amide bonds. The average molecular weight is 382 g/mol. The highest BCUT2D eigenvalue weighted by Crippen LogP contribution is 2.32. The fraction of sp³-hybridized carbons (Fsp3) is 0.188. The zero-order valence-electron chi connectivity index (χ0n) is 13.1. The zero-order valence-corrected chi connectivity index (χ0v) is 15.5. The van der Waals surface area contributed by atoms with Crippen molar-refractivity contribution in [3.05, 3.63) is 58.2 Å². The van der Waals surface area contributed by atoms with E-state index < -0.39 is 10.0 Å². The van der Waals surface area contributed by atoms with Crippen LogP contribution in [0.2, 0.25) is 5.02 Å². The molecule has 0 fully saturated rings. The molecular weight excluding hydrogens is 366 g/mol. The van der Waals surface area contributed by atoms with Gasteiger partial charge in [-0.15, -0.1) is 11.3 Å². The molecule has 0 aliphatic rings. The Morgan fingerprint density at radius 1 is 1.17 bits per heavy atom. The molecule has 2 heterocycles. The number of H-pyrrole nitrogens is 1. The van der Waals surface area contributed by atoms with Crippen molar-refractivity contribution < 1.29 is 8.42 Å². The first-order valence-corrected chi connectivity index (χ1v) is 9.90. The van der Waals surface area contributed by atoms with Crippen LogP contribution in [-0.4, -0.2) is 18.6 Å². The number of hydrogen-bond acceptors (Lipinski definition) is 4. The maximum absolute atomic E-state index is 12.5. The molecule has 0 atom stereocenters. The van der Waals surface area contributed by atoms with Crippen LogP contribution in [0.25, 0.3) is 10.6 Å². The van der Waals surface area contributed by atoms with Crippen LogP contribution in [0.5, 0.6) is 0 Å². The highest BCUT2D eigenvalue weighted by molar-refractivity contribution is 7.91. The van der Waals surface area contributed by atoms with E-state index in [2.05, 4.69) is 14.9 Å². The second-order valence-electron chi connectivity index (χ2n) is 5.39. The van der Waals surface area contributed by atoms with Gasteiger partial charge in [0.2, 0.25) is 10.0 Å². The molecule has 3 rings (SSSR count). The van der Waals surface area contributed by atoms with E-state index in [1.54, 1.807) is 36.4 Å². The zero-order chi connectivity index (χ0) is 17.3. The Morgan fingerprint density at radius 2 is 1.88 bits per heavy atom. The number of benzene rings is 1. The van der Waals surface area contributed by atoms with Crippen LogP contribution in [0.4, 0.5) is 0 Å². The summed E-state index contributed by atoms with van der Waals surface area (Å²) >= 11 is 7.03. The summed E-state index contributed by atoms with van der Waals surface area (Å²) in [6.45, 7) is 4.11. The summed E-state index contributed by atoms with van der Waals surface area (Å²) < 4.78 is 27.8. The normalized spacial score (nSPS) is 11.8. The van der Waals surface area contributed by atoms with Gasteiger partial charge in [-0.2, -0.15) is 5.10 Å². The van der Waals surface area contributed by atoms with Gasteiger partial charge in [-0.1, -0.05) is 23.7 Å². The molecule has 126 valence electrons. The van der Waals surface area contributed by atoms with Crippen LogP contribution < -0.4 is 4.72 Å². The standard InChI is InChI=1S/C16H16ClN3O2S2/c1-10-11(2)19-20-16(10)14-7-8-15(23-14)24(21,22)18-9-12-3-5-13(17)6-4-12/h3-8,18H,9H2,1-2H3,(H,19,20). The highest BCUT2D eigenvalue weighted by atomic mass is 35.5. The Morgan fingerprint density at radius 3 is 2.50 bits per heavy atom. The monoisotopic (exact) mass is 381 g/mol. The van der Waals surface area contributed by atoms with Crippen LogP contribution in [-0.2, 0) is 16.6 Å². The van der Waals surface area contributed by atoms with E-state index in [0.717, 1.165) is 27.4 Å². The predicted octanol–water partition coefficient (Wildman–Crippen LogP) is 3.89. The Hall–Kier alpha value is -1.67. The second-order valence-corrected chi connectivity index (χ2v) is 8.91. The topological polar surface area (TPSA) is 74.8 Å². The van der Waals surface area contributed by atoms with E-state index in [-0.39, 0.29) is 10.8 Å². The molecule has 1 aromatic carbocycles. The molecule has 24 heavy (non-hydrogen) atoms. The maximum atomic E-state index is 12.5.